The normalized spacial score (nSPS) is 30.5. The third kappa shape index (κ3) is 2.30. The van der Waals surface area contributed by atoms with Gasteiger partial charge in [0.2, 0.25) is 0 Å². The van der Waals surface area contributed by atoms with Crippen molar-refractivity contribution in [3.05, 3.63) is 0 Å². The zero-order valence-electron chi connectivity index (χ0n) is 5.60. The Morgan fingerprint density at radius 1 is 1.42 bits per heavy atom. The Bertz CT molecular complexity index is 190. The van der Waals surface area contributed by atoms with Gasteiger partial charge in [-0.05, 0) is 0 Å². The zero-order chi connectivity index (χ0) is 9.35. The summed E-state index contributed by atoms with van der Waals surface area (Å²) in [4.78, 5) is 10.9. The van der Waals surface area contributed by atoms with Crippen LogP contribution >= 0.6 is 46.4 Å². The molecule has 1 saturated heterocycles. The summed E-state index contributed by atoms with van der Waals surface area (Å²) in [6.45, 7) is 0. The summed E-state index contributed by atoms with van der Waals surface area (Å²) in [6, 6.07) is 0. The van der Waals surface area contributed by atoms with Crippen molar-refractivity contribution in [2.24, 2.45) is 0 Å². The minimum Gasteiger partial charge on any atom is -0.429 e. The third-order valence-electron chi connectivity index (χ3n) is 1.18. The number of alkyl halides is 4. The van der Waals surface area contributed by atoms with Crippen LogP contribution in [0.4, 0.5) is 0 Å². The molecule has 1 rings (SSSR count). The van der Waals surface area contributed by atoms with Crippen LogP contribution in [0.15, 0.2) is 0 Å². The highest BCUT2D eigenvalue weighted by Crippen LogP contribution is 2.36. The van der Waals surface area contributed by atoms with Crippen LogP contribution in [-0.2, 0) is 14.3 Å². The Hall–Kier alpha value is 0.590. The fraction of sp³-hybridized carbons (Fsp3) is 0.800. The smallest absolute Gasteiger partial charge is 0.339 e. The average Bonchev–Trinajstić information content (AvgIpc) is 2.29. The number of esters is 1. The molecule has 0 unspecified atom stereocenters. The van der Waals surface area contributed by atoms with E-state index in [1.165, 1.54) is 0 Å². The molecular weight excluding hydrogens is 250 g/mol. The first-order valence-electron chi connectivity index (χ1n) is 2.94. The SMILES string of the molecule is O=C1O[C@@H](C(Cl)(Cl)Cl)O[C@@H]1CCl. The summed E-state index contributed by atoms with van der Waals surface area (Å²) in [6.07, 6.45) is -2.01. The summed E-state index contributed by atoms with van der Waals surface area (Å²) in [5.74, 6) is -0.628. The molecule has 0 saturated carbocycles. The largest absolute Gasteiger partial charge is 0.429 e. The second-order valence-corrected chi connectivity index (χ2v) is 4.77. The predicted molar refractivity (Wildman–Crippen MR) is 45.8 cm³/mol. The number of halogens is 4. The molecule has 2 atom stereocenters. The lowest BCUT2D eigenvalue weighted by molar-refractivity contribution is -0.143. The van der Waals surface area contributed by atoms with Gasteiger partial charge in [-0.25, -0.2) is 4.79 Å². The first kappa shape index (κ1) is 10.7. The van der Waals surface area contributed by atoms with Crippen LogP contribution in [0.2, 0.25) is 0 Å². The van der Waals surface area contributed by atoms with Gasteiger partial charge in [0.1, 0.15) is 0 Å². The van der Waals surface area contributed by atoms with Crippen molar-refractivity contribution in [2.75, 3.05) is 5.88 Å². The number of cyclic esters (lactones) is 1. The van der Waals surface area contributed by atoms with E-state index in [1.54, 1.807) is 0 Å². The first-order chi connectivity index (χ1) is 5.45. The second-order valence-electron chi connectivity index (χ2n) is 2.09. The monoisotopic (exact) mass is 252 g/mol. The van der Waals surface area contributed by atoms with Crippen molar-refractivity contribution in [1.82, 2.24) is 0 Å². The van der Waals surface area contributed by atoms with Crippen LogP contribution in [0.25, 0.3) is 0 Å². The molecule has 0 amide bonds. The van der Waals surface area contributed by atoms with E-state index < -0.39 is 22.2 Å². The molecule has 3 nitrogen and oxygen atoms in total. The highest BCUT2D eigenvalue weighted by molar-refractivity contribution is 6.68. The molecule has 0 aromatic carbocycles. The molecule has 0 spiro atoms. The van der Waals surface area contributed by atoms with E-state index in [2.05, 4.69) is 4.74 Å². The Labute approximate surface area is 88.8 Å². The van der Waals surface area contributed by atoms with Crippen LogP contribution in [0.5, 0.6) is 0 Å². The summed E-state index contributed by atoms with van der Waals surface area (Å²) in [7, 11) is 0. The number of carbonyl (C=O) groups is 1. The topological polar surface area (TPSA) is 35.5 Å². The minimum absolute atomic E-state index is 0.0178. The van der Waals surface area contributed by atoms with Crippen LogP contribution in [0.3, 0.4) is 0 Å². The lowest BCUT2D eigenvalue weighted by Crippen LogP contribution is -2.27. The number of rotatable bonds is 1. The van der Waals surface area contributed by atoms with Gasteiger partial charge in [-0.2, -0.15) is 0 Å². The highest BCUT2D eigenvalue weighted by atomic mass is 35.6. The van der Waals surface area contributed by atoms with Crippen LogP contribution in [0.1, 0.15) is 0 Å². The molecule has 0 bridgehead atoms. The first-order valence-corrected chi connectivity index (χ1v) is 4.60. The number of hydrogen-bond acceptors (Lipinski definition) is 3. The predicted octanol–water partition coefficient (Wildman–Crippen LogP) is 1.86. The molecule has 7 heteroatoms. The molecule has 0 aliphatic carbocycles. The fourth-order valence-electron chi connectivity index (χ4n) is 0.657. The van der Waals surface area contributed by atoms with Crippen LogP contribution in [0, 0.1) is 0 Å². The van der Waals surface area contributed by atoms with Gasteiger partial charge in [-0.1, -0.05) is 34.8 Å². The molecule has 1 fully saturated rings. The van der Waals surface area contributed by atoms with Crippen molar-refractivity contribution in [3.63, 3.8) is 0 Å². The van der Waals surface area contributed by atoms with E-state index in [9.17, 15) is 4.79 Å². The van der Waals surface area contributed by atoms with Crippen LogP contribution in [-0.4, -0.2) is 28.0 Å². The van der Waals surface area contributed by atoms with Crippen molar-refractivity contribution in [3.8, 4) is 0 Å². The molecule has 0 aromatic rings. The summed E-state index contributed by atoms with van der Waals surface area (Å²) in [5.41, 5.74) is 0. The molecule has 1 heterocycles. The van der Waals surface area contributed by atoms with Crippen molar-refractivity contribution < 1.29 is 14.3 Å². The van der Waals surface area contributed by atoms with Crippen molar-refractivity contribution in [1.29, 1.82) is 0 Å². The van der Waals surface area contributed by atoms with Gasteiger partial charge in [-0.3, -0.25) is 0 Å². The summed E-state index contributed by atoms with van der Waals surface area (Å²) in [5, 5.41) is 0. The van der Waals surface area contributed by atoms with Gasteiger partial charge < -0.3 is 9.47 Å². The molecular formula is C5H4Cl4O3. The maximum atomic E-state index is 10.9. The van der Waals surface area contributed by atoms with Crippen molar-refractivity contribution >= 4 is 52.4 Å². The molecule has 0 aromatic heterocycles. The van der Waals surface area contributed by atoms with Gasteiger partial charge >= 0.3 is 5.97 Å². The number of ether oxygens (including phenoxy) is 2. The van der Waals surface area contributed by atoms with E-state index >= 15 is 0 Å². The van der Waals surface area contributed by atoms with Crippen LogP contribution < -0.4 is 0 Å². The second kappa shape index (κ2) is 3.76. The van der Waals surface area contributed by atoms with E-state index in [1.807, 2.05) is 0 Å². The highest BCUT2D eigenvalue weighted by Gasteiger charge is 2.46. The summed E-state index contributed by atoms with van der Waals surface area (Å²) >= 11 is 21.6. The van der Waals surface area contributed by atoms with E-state index in [4.69, 9.17) is 51.1 Å². The lowest BCUT2D eigenvalue weighted by Gasteiger charge is -2.16. The fourth-order valence-corrected chi connectivity index (χ4v) is 1.14. The van der Waals surface area contributed by atoms with Gasteiger partial charge in [-0.15, -0.1) is 11.6 Å². The Morgan fingerprint density at radius 2 is 2.00 bits per heavy atom. The number of hydrogen-bond donors (Lipinski definition) is 0. The van der Waals surface area contributed by atoms with Gasteiger partial charge in [0, 0.05) is 0 Å². The molecule has 0 radical (unpaired) electrons. The van der Waals surface area contributed by atoms with Crippen molar-refractivity contribution in [2.45, 2.75) is 16.2 Å². The van der Waals surface area contributed by atoms with Gasteiger partial charge in [0.25, 0.3) is 10.1 Å². The third-order valence-corrected chi connectivity index (χ3v) is 2.00. The standard InChI is InChI=1S/C5H4Cl4O3/c6-1-2-3(10)12-4(11-2)5(7,8)9/h2,4H,1H2/t2-,4+/m1/s1. The van der Waals surface area contributed by atoms with Gasteiger partial charge in [0.05, 0.1) is 5.88 Å². The molecule has 12 heavy (non-hydrogen) atoms. The quantitative estimate of drug-likeness (QED) is 0.529. The Balaban J connectivity index is 2.60. The molecule has 70 valence electrons. The number of carbonyl (C=O) groups excluding carboxylic acids is 1. The summed E-state index contributed by atoms with van der Waals surface area (Å²) < 4.78 is 7.71. The maximum absolute atomic E-state index is 10.9. The molecule has 1 aliphatic rings. The molecule has 0 N–H and O–H groups in total. The Kier molecular flexibility index (Phi) is 3.34. The Morgan fingerprint density at radius 3 is 2.25 bits per heavy atom. The molecule has 1 aliphatic heterocycles. The lowest BCUT2D eigenvalue weighted by atomic mass is 10.4. The minimum atomic E-state index is -1.77. The van der Waals surface area contributed by atoms with E-state index in [0.717, 1.165) is 0 Å². The van der Waals surface area contributed by atoms with Gasteiger partial charge in [0.15, 0.2) is 6.10 Å². The van der Waals surface area contributed by atoms with E-state index in [0.29, 0.717) is 0 Å². The average molecular weight is 254 g/mol. The zero-order valence-corrected chi connectivity index (χ0v) is 8.62. The van der Waals surface area contributed by atoms with E-state index in [-0.39, 0.29) is 5.88 Å². The maximum Gasteiger partial charge on any atom is 0.339 e.